The van der Waals surface area contributed by atoms with E-state index in [1.807, 2.05) is 19.2 Å². The molecule has 19 heavy (non-hydrogen) atoms. The summed E-state index contributed by atoms with van der Waals surface area (Å²) in [6, 6.07) is 8.71. The highest BCUT2D eigenvalue weighted by Crippen LogP contribution is 2.41. The SMILES string of the molecule is CCNC(CC1(OC)CCC1)c1ccc(OC)cc1. The van der Waals surface area contributed by atoms with Crippen molar-refractivity contribution in [3.63, 3.8) is 0 Å². The van der Waals surface area contributed by atoms with Gasteiger partial charge in [0.25, 0.3) is 0 Å². The summed E-state index contributed by atoms with van der Waals surface area (Å²) in [5.41, 5.74) is 1.40. The molecule has 1 N–H and O–H groups in total. The summed E-state index contributed by atoms with van der Waals surface area (Å²) in [6.45, 7) is 3.12. The van der Waals surface area contributed by atoms with Crippen molar-refractivity contribution in [2.24, 2.45) is 0 Å². The Kier molecular flexibility index (Phi) is 4.83. The van der Waals surface area contributed by atoms with Crippen LogP contribution in [0.25, 0.3) is 0 Å². The summed E-state index contributed by atoms with van der Waals surface area (Å²) in [7, 11) is 3.54. The number of rotatable bonds is 7. The minimum absolute atomic E-state index is 0.0900. The van der Waals surface area contributed by atoms with Crippen molar-refractivity contribution in [2.75, 3.05) is 20.8 Å². The third-order valence-corrected chi connectivity index (χ3v) is 4.24. The van der Waals surface area contributed by atoms with Crippen molar-refractivity contribution >= 4 is 0 Å². The molecule has 2 rings (SSSR count). The zero-order chi connectivity index (χ0) is 13.7. The standard InChI is InChI=1S/C16H25NO2/c1-4-17-15(12-16(19-3)10-5-11-16)13-6-8-14(18-2)9-7-13/h6-9,15,17H,4-5,10-12H2,1-3H3. The van der Waals surface area contributed by atoms with Crippen molar-refractivity contribution < 1.29 is 9.47 Å². The fourth-order valence-corrected chi connectivity index (χ4v) is 2.83. The van der Waals surface area contributed by atoms with Gasteiger partial charge in [-0.05, 0) is 49.9 Å². The van der Waals surface area contributed by atoms with Crippen LogP contribution in [0.3, 0.4) is 0 Å². The summed E-state index contributed by atoms with van der Waals surface area (Å²) < 4.78 is 11.0. The predicted molar refractivity (Wildman–Crippen MR) is 77.6 cm³/mol. The quantitative estimate of drug-likeness (QED) is 0.818. The van der Waals surface area contributed by atoms with Crippen LogP contribution in [0.1, 0.15) is 44.2 Å². The molecular weight excluding hydrogens is 238 g/mol. The summed E-state index contributed by atoms with van der Waals surface area (Å²) in [6.07, 6.45) is 4.70. The minimum atomic E-state index is 0.0900. The molecule has 0 aromatic heterocycles. The Hall–Kier alpha value is -1.06. The van der Waals surface area contributed by atoms with Crippen LogP contribution >= 0.6 is 0 Å². The maximum absolute atomic E-state index is 5.75. The highest BCUT2D eigenvalue weighted by Gasteiger charge is 2.39. The maximum Gasteiger partial charge on any atom is 0.118 e. The van der Waals surface area contributed by atoms with Crippen LogP contribution in [-0.4, -0.2) is 26.4 Å². The first-order valence-corrected chi connectivity index (χ1v) is 7.15. The van der Waals surface area contributed by atoms with Crippen LogP contribution in [0.4, 0.5) is 0 Å². The first kappa shape index (κ1) is 14.4. The van der Waals surface area contributed by atoms with E-state index in [1.54, 1.807) is 7.11 Å². The molecule has 1 aliphatic rings. The fraction of sp³-hybridized carbons (Fsp3) is 0.625. The van der Waals surface area contributed by atoms with E-state index in [0.717, 1.165) is 18.7 Å². The van der Waals surface area contributed by atoms with Crippen LogP contribution in [0.5, 0.6) is 5.75 Å². The highest BCUT2D eigenvalue weighted by atomic mass is 16.5. The van der Waals surface area contributed by atoms with Gasteiger partial charge < -0.3 is 14.8 Å². The molecule has 1 unspecified atom stereocenters. The Morgan fingerprint density at radius 2 is 1.89 bits per heavy atom. The van der Waals surface area contributed by atoms with Gasteiger partial charge in [0.2, 0.25) is 0 Å². The second kappa shape index (κ2) is 6.40. The van der Waals surface area contributed by atoms with Gasteiger partial charge in [0, 0.05) is 13.2 Å². The third kappa shape index (κ3) is 3.28. The van der Waals surface area contributed by atoms with Crippen LogP contribution in [0.2, 0.25) is 0 Å². The van der Waals surface area contributed by atoms with Gasteiger partial charge in [0.1, 0.15) is 5.75 Å². The lowest BCUT2D eigenvalue weighted by atomic mass is 9.74. The molecular formula is C16H25NO2. The summed E-state index contributed by atoms with van der Waals surface area (Å²) in [5, 5.41) is 3.57. The summed E-state index contributed by atoms with van der Waals surface area (Å²) in [4.78, 5) is 0. The Morgan fingerprint density at radius 1 is 1.21 bits per heavy atom. The Balaban J connectivity index is 2.09. The molecule has 0 bridgehead atoms. The molecule has 1 atom stereocenters. The molecule has 3 heteroatoms. The van der Waals surface area contributed by atoms with E-state index in [0.29, 0.717) is 6.04 Å². The fourth-order valence-electron chi connectivity index (χ4n) is 2.83. The van der Waals surface area contributed by atoms with E-state index in [-0.39, 0.29) is 5.60 Å². The van der Waals surface area contributed by atoms with E-state index in [4.69, 9.17) is 9.47 Å². The second-order valence-corrected chi connectivity index (χ2v) is 5.33. The molecule has 0 saturated heterocycles. The van der Waals surface area contributed by atoms with E-state index < -0.39 is 0 Å². The average Bonchev–Trinajstić information content (AvgIpc) is 2.42. The van der Waals surface area contributed by atoms with Crippen LogP contribution < -0.4 is 10.1 Å². The first-order chi connectivity index (χ1) is 9.23. The lowest BCUT2D eigenvalue weighted by Crippen LogP contribution is -2.42. The molecule has 0 heterocycles. The minimum Gasteiger partial charge on any atom is -0.497 e. The van der Waals surface area contributed by atoms with Crippen molar-refractivity contribution in [3.8, 4) is 5.75 Å². The van der Waals surface area contributed by atoms with Gasteiger partial charge >= 0.3 is 0 Å². The van der Waals surface area contributed by atoms with Crippen LogP contribution in [0.15, 0.2) is 24.3 Å². The van der Waals surface area contributed by atoms with Crippen LogP contribution in [0, 0.1) is 0 Å². The highest BCUT2D eigenvalue weighted by molar-refractivity contribution is 5.29. The number of hydrogen-bond acceptors (Lipinski definition) is 3. The van der Waals surface area contributed by atoms with Gasteiger partial charge in [-0.2, -0.15) is 0 Å². The van der Waals surface area contributed by atoms with Gasteiger partial charge in [0.15, 0.2) is 0 Å². The van der Waals surface area contributed by atoms with Crippen molar-refractivity contribution in [2.45, 2.75) is 44.2 Å². The summed E-state index contributed by atoms with van der Waals surface area (Å²) >= 11 is 0. The lowest BCUT2D eigenvalue weighted by molar-refractivity contribution is -0.0837. The second-order valence-electron chi connectivity index (χ2n) is 5.33. The zero-order valence-electron chi connectivity index (χ0n) is 12.2. The van der Waals surface area contributed by atoms with E-state index in [1.165, 1.54) is 24.8 Å². The Morgan fingerprint density at radius 3 is 2.32 bits per heavy atom. The van der Waals surface area contributed by atoms with Gasteiger partial charge in [-0.1, -0.05) is 19.1 Å². The largest absolute Gasteiger partial charge is 0.497 e. The number of ether oxygens (including phenoxy) is 2. The van der Waals surface area contributed by atoms with Gasteiger partial charge in [-0.15, -0.1) is 0 Å². The lowest BCUT2D eigenvalue weighted by Gasteiger charge is -2.43. The topological polar surface area (TPSA) is 30.5 Å². The zero-order valence-corrected chi connectivity index (χ0v) is 12.2. The molecule has 0 aliphatic heterocycles. The van der Waals surface area contributed by atoms with E-state index in [9.17, 15) is 0 Å². The molecule has 1 fully saturated rings. The summed E-state index contributed by atoms with van der Waals surface area (Å²) in [5.74, 6) is 0.907. The van der Waals surface area contributed by atoms with E-state index in [2.05, 4.69) is 24.4 Å². The maximum atomic E-state index is 5.75. The predicted octanol–water partition coefficient (Wildman–Crippen LogP) is 3.31. The number of nitrogens with one attached hydrogen (secondary N) is 1. The monoisotopic (exact) mass is 263 g/mol. The molecule has 106 valence electrons. The molecule has 0 amide bonds. The van der Waals surface area contributed by atoms with Crippen molar-refractivity contribution in [1.82, 2.24) is 5.32 Å². The normalized spacial score (nSPS) is 18.7. The van der Waals surface area contributed by atoms with Crippen LogP contribution in [-0.2, 0) is 4.74 Å². The molecule has 1 aliphatic carbocycles. The Labute approximate surface area is 116 Å². The molecule has 1 aromatic rings. The number of methoxy groups -OCH3 is 2. The van der Waals surface area contributed by atoms with Gasteiger partial charge in [-0.3, -0.25) is 0 Å². The number of hydrogen-bond donors (Lipinski definition) is 1. The van der Waals surface area contributed by atoms with Gasteiger partial charge in [0.05, 0.1) is 12.7 Å². The third-order valence-electron chi connectivity index (χ3n) is 4.24. The smallest absolute Gasteiger partial charge is 0.118 e. The van der Waals surface area contributed by atoms with Crippen molar-refractivity contribution in [1.29, 1.82) is 0 Å². The molecule has 1 aromatic carbocycles. The average molecular weight is 263 g/mol. The molecule has 0 radical (unpaired) electrons. The number of benzene rings is 1. The molecule has 1 saturated carbocycles. The van der Waals surface area contributed by atoms with Gasteiger partial charge in [-0.25, -0.2) is 0 Å². The molecule has 0 spiro atoms. The van der Waals surface area contributed by atoms with Crippen molar-refractivity contribution in [3.05, 3.63) is 29.8 Å². The Bertz CT molecular complexity index is 379. The first-order valence-electron chi connectivity index (χ1n) is 7.15. The molecule has 3 nitrogen and oxygen atoms in total. The van der Waals surface area contributed by atoms with E-state index >= 15 is 0 Å².